The molecule has 5 nitrogen and oxygen atoms in total. The van der Waals surface area contributed by atoms with Crippen LogP contribution in [-0.2, 0) is 21.5 Å². The molecular weight excluding hydrogens is 398 g/mol. The van der Waals surface area contributed by atoms with Gasteiger partial charge in [0.05, 0.1) is 11.5 Å². The molecule has 1 heterocycles. The van der Waals surface area contributed by atoms with E-state index in [1.165, 1.54) is 0 Å². The van der Waals surface area contributed by atoms with Crippen molar-refractivity contribution in [2.24, 2.45) is 5.73 Å². The van der Waals surface area contributed by atoms with Crippen LogP contribution in [0.4, 0.5) is 5.69 Å². The molecule has 0 radical (unpaired) electrons. The number of anilines is 1. The predicted molar refractivity (Wildman–Crippen MR) is 119 cm³/mol. The maximum absolute atomic E-state index is 13.4. The summed E-state index contributed by atoms with van der Waals surface area (Å²) < 4.78 is 0. The fourth-order valence-corrected chi connectivity index (χ4v) is 5.09. The smallest absolute Gasteiger partial charge is 0.235 e. The van der Waals surface area contributed by atoms with Gasteiger partial charge in [-0.15, -0.1) is 0 Å². The molecule has 0 aromatic heterocycles. The largest absolute Gasteiger partial charge is 0.368 e. The van der Waals surface area contributed by atoms with Gasteiger partial charge in [-0.25, -0.2) is 0 Å². The first-order valence-electron chi connectivity index (χ1n) is 10.7. The lowest BCUT2D eigenvalue weighted by atomic mass is 9.78. The number of carbonyl (C=O) groups is 2. The number of hydrogen-bond acceptors (Lipinski definition) is 3. The summed E-state index contributed by atoms with van der Waals surface area (Å²) in [6.07, 6.45) is 5.56. The van der Waals surface area contributed by atoms with Crippen molar-refractivity contribution in [2.45, 2.75) is 56.5 Å². The van der Waals surface area contributed by atoms with Gasteiger partial charge in [0.15, 0.2) is 0 Å². The topological polar surface area (TPSA) is 75.4 Å². The number of benzene rings is 2. The molecule has 2 aliphatic rings. The van der Waals surface area contributed by atoms with Gasteiger partial charge in [-0.1, -0.05) is 48.7 Å². The minimum absolute atomic E-state index is 0.0376. The number of likely N-dealkylation sites (tertiary alicyclic amines) is 1. The van der Waals surface area contributed by atoms with E-state index in [4.69, 9.17) is 17.3 Å². The minimum Gasteiger partial charge on any atom is -0.368 e. The Bertz CT molecular complexity index is 922. The minimum atomic E-state index is -0.507. The Kier molecular flexibility index (Phi) is 6.11. The summed E-state index contributed by atoms with van der Waals surface area (Å²) in [5, 5.41) is 3.83. The van der Waals surface area contributed by atoms with Crippen LogP contribution in [0.2, 0.25) is 5.02 Å². The Balaban J connectivity index is 1.51. The SMILES string of the molecule is NC(=O)C1CCCN1Cc1cccc(NC(=O)C2(c3ccc(Cl)cc3)CCCC2)c1. The zero-order valence-corrected chi connectivity index (χ0v) is 17.8. The van der Waals surface area contributed by atoms with Crippen molar-refractivity contribution < 1.29 is 9.59 Å². The Morgan fingerprint density at radius 2 is 1.83 bits per heavy atom. The van der Waals surface area contributed by atoms with Crippen LogP contribution in [0, 0.1) is 0 Å². The van der Waals surface area contributed by atoms with E-state index in [0.717, 1.165) is 61.9 Å². The van der Waals surface area contributed by atoms with Crippen LogP contribution in [0.5, 0.6) is 0 Å². The quantitative estimate of drug-likeness (QED) is 0.726. The molecule has 1 aliphatic carbocycles. The number of nitrogens with two attached hydrogens (primary N) is 1. The van der Waals surface area contributed by atoms with Crippen LogP contribution in [-0.4, -0.2) is 29.3 Å². The van der Waals surface area contributed by atoms with Crippen molar-refractivity contribution in [1.82, 2.24) is 4.90 Å². The lowest BCUT2D eigenvalue weighted by Crippen LogP contribution is -2.39. The second kappa shape index (κ2) is 8.78. The average Bonchev–Trinajstić information content (AvgIpc) is 3.39. The Labute approximate surface area is 182 Å². The van der Waals surface area contributed by atoms with Crippen LogP contribution in [0.3, 0.4) is 0 Å². The van der Waals surface area contributed by atoms with Crippen LogP contribution in [0.15, 0.2) is 48.5 Å². The number of nitrogens with zero attached hydrogens (tertiary/aromatic N) is 1. The summed E-state index contributed by atoms with van der Waals surface area (Å²) in [5.41, 5.74) is 7.91. The zero-order chi connectivity index (χ0) is 21.1. The van der Waals surface area contributed by atoms with Gasteiger partial charge >= 0.3 is 0 Å². The molecule has 4 rings (SSSR count). The number of halogens is 1. The first-order chi connectivity index (χ1) is 14.5. The van der Waals surface area contributed by atoms with E-state index in [2.05, 4.69) is 10.2 Å². The molecule has 30 heavy (non-hydrogen) atoms. The van der Waals surface area contributed by atoms with E-state index in [1.54, 1.807) is 0 Å². The third-order valence-corrected chi connectivity index (χ3v) is 6.80. The molecule has 1 aliphatic heterocycles. The molecule has 1 saturated carbocycles. The van der Waals surface area contributed by atoms with Gasteiger partial charge in [0.1, 0.15) is 0 Å². The zero-order valence-electron chi connectivity index (χ0n) is 17.1. The molecule has 1 unspecified atom stereocenters. The Morgan fingerprint density at radius 1 is 1.10 bits per heavy atom. The van der Waals surface area contributed by atoms with Crippen molar-refractivity contribution in [3.05, 3.63) is 64.7 Å². The van der Waals surface area contributed by atoms with E-state index in [-0.39, 0.29) is 17.9 Å². The summed E-state index contributed by atoms with van der Waals surface area (Å²) >= 11 is 6.06. The second-order valence-electron chi connectivity index (χ2n) is 8.48. The molecule has 1 atom stereocenters. The maximum Gasteiger partial charge on any atom is 0.235 e. The van der Waals surface area contributed by atoms with Crippen LogP contribution < -0.4 is 11.1 Å². The standard InChI is InChI=1S/C24H28ClN3O2/c25-19-10-8-18(9-11-19)24(12-1-2-13-24)23(30)27-20-6-3-5-17(15-20)16-28-14-4-7-21(28)22(26)29/h3,5-6,8-11,15,21H,1-2,4,7,12-14,16H2,(H2,26,29)(H,27,30). The van der Waals surface area contributed by atoms with Crippen molar-refractivity contribution in [1.29, 1.82) is 0 Å². The number of carbonyl (C=O) groups excluding carboxylic acids is 2. The fraction of sp³-hybridized carbons (Fsp3) is 0.417. The molecule has 158 valence electrons. The number of rotatable bonds is 6. The van der Waals surface area contributed by atoms with Crippen LogP contribution >= 0.6 is 11.6 Å². The van der Waals surface area contributed by atoms with Crippen molar-refractivity contribution in [3.63, 3.8) is 0 Å². The number of nitrogens with one attached hydrogen (secondary N) is 1. The lowest BCUT2D eigenvalue weighted by molar-refractivity contribution is -0.122. The predicted octanol–water partition coefficient (Wildman–Crippen LogP) is 4.24. The van der Waals surface area contributed by atoms with E-state index < -0.39 is 5.41 Å². The summed E-state index contributed by atoms with van der Waals surface area (Å²) in [5.74, 6) is -0.223. The van der Waals surface area contributed by atoms with E-state index in [1.807, 2.05) is 48.5 Å². The molecule has 6 heteroatoms. The van der Waals surface area contributed by atoms with Gasteiger partial charge in [-0.05, 0) is 67.6 Å². The average molecular weight is 426 g/mol. The Morgan fingerprint density at radius 3 is 2.53 bits per heavy atom. The molecular formula is C24H28ClN3O2. The third kappa shape index (κ3) is 4.23. The van der Waals surface area contributed by atoms with Gasteiger partial charge in [-0.2, -0.15) is 0 Å². The highest BCUT2D eigenvalue weighted by atomic mass is 35.5. The first-order valence-corrected chi connectivity index (χ1v) is 11.1. The van der Waals surface area contributed by atoms with Crippen LogP contribution in [0.25, 0.3) is 0 Å². The summed E-state index contributed by atoms with van der Waals surface area (Å²) in [7, 11) is 0. The summed E-state index contributed by atoms with van der Waals surface area (Å²) in [4.78, 5) is 27.2. The van der Waals surface area contributed by atoms with E-state index >= 15 is 0 Å². The number of amides is 2. The summed E-state index contributed by atoms with van der Waals surface area (Å²) in [6, 6.07) is 15.4. The molecule has 0 bridgehead atoms. The van der Waals surface area contributed by atoms with Gasteiger partial charge in [0.2, 0.25) is 11.8 Å². The molecule has 2 aromatic carbocycles. The Hall–Kier alpha value is -2.37. The third-order valence-electron chi connectivity index (χ3n) is 6.55. The van der Waals surface area contributed by atoms with Gasteiger partial charge in [0.25, 0.3) is 0 Å². The van der Waals surface area contributed by atoms with E-state index in [0.29, 0.717) is 11.6 Å². The molecule has 2 fully saturated rings. The number of hydrogen-bond donors (Lipinski definition) is 2. The highest BCUT2D eigenvalue weighted by Crippen LogP contribution is 2.42. The molecule has 0 spiro atoms. The molecule has 3 N–H and O–H groups in total. The van der Waals surface area contributed by atoms with Gasteiger partial charge < -0.3 is 11.1 Å². The van der Waals surface area contributed by atoms with Crippen molar-refractivity contribution in [2.75, 3.05) is 11.9 Å². The first kappa shape index (κ1) is 20.9. The normalized spacial score (nSPS) is 20.9. The molecule has 1 saturated heterocycles. The maximum atomic E-state index is 13.4. The lowest BCUT2D eigenvalue weighted by Gasteiger charge is -2.28. The number of primary amides is 1. The molecule has 2 amide bonds. The fourth-order valence-electron chi connectivity index (χ4n) is 4.96. The second-order valence-corrected chi connectivity index (χ2v) is 8.92. The monoisotopic (exact) mass is 425 g/mol. The van der Waals surface area contributed by atoms with Crippen LogP contribution in [0.1, 0.15) is 49.7 Å². The highest BCUT2D eigenvalue weighted by Gasteiger charge is 2.42. The van der Waals surface area contributed by atoms with Crippen molar-refractivity contribution >= 4 is 29.1 Å². The van der Waals surface area contributed by atoms with Crippen molar-refractivity contribution in [3.8, 4) is 0 Å². The van der Waals surface area contributed by atoms with Gasteiger partial charge in [-0.3, -0.25) is 14.5 Å². The molecule has 2 aromatic rings. The highest BCUT2D eigenvalue weighted by molar-refractivity contribution is 6.30. The summed E-state index contributed by atoms with van der Waals surface area (Å²) in [6.45, 7) is 1.52. The van der Waals surface area contributed by atoms with E-state index in [9.17, 15) is 9.59 Å². The van der Waals surface area contributed by atoms with Gasteiger partial charge in [0, 0.05) is 17.3 Å².